The summed E-state index contributed by atoms with van der Waals surface area (Å²) in [6, 6.07) is 3.35. The Morgan fingerprint density at radius 3 is 2.59 bits per heavy atom. The largest absolute Gasteiger partial charge is 0.419 e. The van der Waals surface area contributed by atoms with Gasteiger partial charge in [-0.05, 0) is 25.5 Å². The van der Waals surface area contributed by atoms with Crippen LogP contribution in [0, 0.1) is 12.7 Å². The maximum atomic E-state index is 13.8. The average Bonchev–Trinajstić information content (AvgIpc) is 3.04. The van der Waals surface area contributed by atoms with Crippen molar-refractivity contribution in [3.05, 3.63) is 63.5 Å². The Morgan fingerprint density at radius 2 is 2.00 bits per heavy atom. The molecule has 1 aromatic carbocycles. The monoisotopic (exact) mass is 411 g/mol. The maximum absolute atomic E-state index is 13.8. The molecule has 0 saturated carbocycles. The van der Waals surface area contributed by atoms with E-state index in [4.69, 9.17) is 5.11 Å². The Kier molecular flexibility index (Phi) is 5.22. The van der Waals surface area contributed by atoms with Crippen LogP contribution in [0.3, 0.4) is 0 Å². The zero-order valence-electron chi connectivity index (χ0n) is 15.4. The predicted octanol–water partition coefficient (Wildman–Crippen LogP) is 2.87. The second-order valence-electron chi connectivity index (χ2n) is 6.69. The number of aliphatic hydroxyl groups excluding tert-OH is 1. The van der Waals surface area contributed by atoms with Crippen molar-refractivity contribution in [2.75, 3.05) is 6.61 Å². The second kappa shape index (κ2) is 7.36. The van der Waals surface area contributed by atoms with Crippen molar-refractivity contribution in [2.24, 2.45) is 0 Å². The number of aromatic amines is 1. The highest BCUT2D eigenvalue weighted by molar-refractivity contribution is 5.98. The lowest BCUT2D eigenvalue weighted by Crippen LogP contribution is -2.35. The maximum Gasteiger partial charge on any atom is 0.419 e. The first-order valence-electron chi connectivity index (χ1n) is 8.56. The Bertz CT molecular complexity index is 1150. The fourth-order valence-corrected chi connectivity index (χ4v) is 2.92. The van der Waals surface area contributed by atoms with Crippen LogP contribution < -0.4 is 10.9 Å². The third-order valence-electron chi connectivity index (χ3n) is 4.43. The predicted molar refractivity (Wildman–Crippen MR) is 97.2 cm³/mol. The highest BCUT2D eigenvalue weighted by Crippen LogP contribution is 2.35. The van der Waals surface area contributed by atoms with Gasteiger partial charge in [0.2, 0.25) is 0 Å². The van der Waals surface area contributed by atoms with Gasteiger partial charge in [0.1, 0.15) is 11.3 Å². The molecule has 29 heavy (non-hydrogen) atoms. The number of aromatic nitrogens is 2. The molecule has 154 valence electrons. The number of H-pyrrole nitrogens is 1. The summed E-state index contributed by atoms with van der Waals surface area (Å²) < 4.78 is 55.7. The van der Waals surface area contributed by atoms with Crippen LogP contribution in [-0.4, -0.2) is 33.0 Å². The molecule has 0 radical (unpaired) electrons. The van der Waals surface area contributed by atoms with Gasteiger partial charge in [-0.2, -0.15) is 13.2 Å². The number of aliphatic hydroxyl groups is 1. The molecule has 0 aliphatic heterocycles. The van der Waals surface area contributed by atoms with Crippen LogP contribution in [-0.2, 0) is 6.18 Å². The van der Waals surface area contributed by atoms with Gasteiger partial charge >= 0.3 is 6.18 Å². The summed E-state index contributed by atoms with van der Waals surface area (Å²) in [5.41, 5.74) is -3.26. The Hall–Kier alpha value is -3.14. The Balaban J connectivity index is 2.23. The van der Waals surface area contributed by atoms with E-state index in [1.807, 2.05) is 0 Å². The van der Waals surface area contributed by atoms with Crippen LogP contribution >= 0.6 is 0 Å². The molecule has 0 spiro atoms. The van der Waals surface area contributed by atoms with Crippen molar-refractivity contribution < 1.29 is 27.5 Å². The first-order chi connectivity index (χ1) is 13.5. The van der Waals surface area contributed by atoms with Gasteiger partial charge < -0.3 is 19.8 Å². The highest BCUT2D eigenvalue weighted by atomic mass is 19.4. The number of fused-ring (bicyclic) bond motifs is 1. The summed E-state index contributed by atoms with van der Waals surface area (Å²) >= 11 is 0. The van der Waals surface area contributed by atoms with Gasteiger partial charge in [0.25, 0.3) is 11.5 Å². The van der Waals surface area contributed by atoms with Crippen LogP contribution in [0.5, 0.6) is 0 Å². The fraction of sp³-hybridized carbons (Fsp3) is 0.263. The minimum absolute atomic E-state index is 0.0841. The van der Waals surface area contributed by atoms with Crippen LogP contribution in [0.25, 0.3) is 16.8 Å². The topological polar surface area (TPSA) is 86.6 Å². The van der Waals surface area contributed by atoms with Gasteiger partial charge in [-0.1, -0.05) is 12.1 Å². The SMILES string of the molecule is Cc1ccc(-c2cn3cc(C(=O)N[C@@H](C)CO)c(C(F)(F)F)c3c(=O)[nH]2)cc1F. The minimum Gasteiger partial charge on any atom is -0.394 e. The molecular formula is C19H17F4N3O3. The van der Waals surface area contributed by atoms with Gasteiger partial charge in [0, 0.05) is 24.0 Å². The number of aryl methyl sites for hydroxylation is 1. The molecule has 0 saturated heterocycles. The molecule has 1 amide bonds. The number of halogens is 4. The van der Waals surface area contributed by atoms with E-state index in [-0.39, 0.29) is 11.3 Å². The lowest BCUT2D eigenvalue weighted by Gasteiger charge is -2.12. The van der Waals surface area contributed by atoms with E-state index in [9.17, 15) is 27.2 Å². The lowest BCUT2D eigenvalue weighted by atomic mass is 10.1. The summed E-state index contributed by atoms with van der Waals surface area (Å²) in [6.45, 7) is 2.49. The normalized spacial score (nSPS) is 12.9. The van der Waals surface area contributed by atoms with Crippen molar-refractivity contribution in [3.63, 3.8) is 0 Å². The van der Waals surface area contributed by atoms with E-state index < -0.39 is 52.8 Å². The van der Waals surface area contributed by atoms with E-state index >= 15 is 0 Å². The van der Waals surface area contributed by atoms with E-state index in [2.05, 4.69) is 10.3 Å². The number of nitrogens with zero attached hydrogens (tertiary/aromatic N) is 1. The summed E-state index contributed by atoms with van der Waals surface area (Å²) in [5, 5.41) is 11.3. The molecule has 10 heteroatoms. The standard InChI is InChI=1S/C19H17F4N3O3/c1-9-3-4-11(5-13(9)20)14-7-26-6-12(17(28)24-10(2)8-27)15(19(21,22)23)16(26)18(29)25-14/h3-7,10,27H,8H2,1-2H3,(H,24,28)(H,25,29)/t10-/m0/s1. The molecule has 6 nitrogen and oxygen atoms in total. The molecule has 0 aliphatic rings. The van der Waals surface area contributed by atoms with Crippen molar-refractivity contribution >= 4 is 11.4 Å². The quantitative estimate of drug-likeness (QED) is 0.577. The zero-order valence-corrected chi connectivity index (χ0v) is 15.4. The van der Waals surface area contributed by atoms with Gasteiger partial charge in [-0.15, -0.1) is 0 Å². The number of nitrogens with one attached hydrogen (secondary N) is 2. The number of benzene rings is 1. The van der Waals surface area contributed by atoms with Crippen molar-refractivity contribution in [2.45, 2.75) is 26.1 Å². The molecular weight excluding hydrogens is 394 g/mol. The minimum atomic E-state index is -4.98. The third kappa shape index (κ3) is 3.88. The molecule has 3 N–H and O–H groups in total. The molecule has 1 atom stereocenters. The number of hydrogen-bond donors (Lipinski definition) is 3. The molecule has 0 aliphatic carbocycles. The van der Waals surface area contributed by atoms with Gasteiger partial charge in [0.05, 0.1) is 23.4 Å². The van der Waals surface area contributed by atoms with Gasteiger partial charge in [-0.3, -0.25) is 9.59 Å². The lowest BCUT2D eigenvalue weighted by molar-refractivity contribution is -0.136. The first kappa shape index (κ1) is 20.6. The highest BCUT2D eigenvalue weighted by Gasteiger charge is 2.40. The van der Waals surface area contributed by atoms with Gasteiger partial charge in [0.15, 0.2) is 0 Å². The number of amides is 1. The van der Waals surface area contributed by atoms with Crippen LogP contribution in [0.15, 0.2) is 35.4 Å². The molecule has 2 aromatic heterocycles. The van der Waals surface area contributed by atoms with E-state index in [1.165, 1.54) is 25.3 Å². The van der Waals surface area contributed by atoms with Crippen LogP contribution in [0.2, 0.25) is 0 Å². The van der Waals surface area contributed by atoms with E-state index in [0.717, 1.165) is 16.7 Å². The van der Waals surface area contributed by atoms with Gasteiger partial charge in [-0.25, -0.2) is 4.39 Å². The first-order valence-corrected chi connectivity index (χ1v) is 8.56. The summed E-state index contributed by atoms with van der Waals surface area (Å²) in [5.74, 6) is -1.62. The molecule has 0 unspecified atom stereocenters. The smallest absolute Gasteiger partial charge is 0.394 e. The number of rotatable bonds is 4. The van der Waals surface area contributed by atoms with Crippen molar-refractivity contribution in [3.8, 4) is 11.3 Å². The Morgan fingerprint density at radius 1 is 1.31 bits per heavy atom. The average molecular weight is 411 g/mol. The van der Waals surface area contributed by atoms with E-state index in [1.54, 1.807) is 6.92 Å². The number of alkyl halides is 3. The van der Waals surface area contributed by atoms with Crippen LogP contribution in [0.4, 0.5) is 17.6 Å². The van der Waals surface area contributed by atoms with Crippen molar-refractivity contribution in [1.29, 1.82) is 0 Å². The Labute approximate surface area is 161 Å². The molecule has 0 bridgehead atoms. The molecule has 3 aromatic rings. The fourth-order valence-electron chi connectivity index (χ4n) is 2.92. The molecule has 0 fully saturated rings. The zero-order chi connectivity index (χ0) is 21.5. The van der Waals surface area contributed by atoms with Crippen molar-refractivity contribution in [1.82, 2.24) is 14.7 Å². The number of carbonyl (C=O) groups is 1. The molecule has 3 rings (SSSR count). The van der Waals surface area contributed by atoms with Crippen LogP contribution in [0.1, 0.15) is 28.4 Å². The third-order valence-corrected chi connectivity index (χ3v) is 4.43. The second-order valence-corrected chi connectivity index (χ2v) is 6.69. The summed E-state index contributed by atoms with van der Waals surface area (Å²) in [6.07, 6.45) is -2.91. The summed E-state index contributed by atoms with van der Waals surface area (Å²) in [7, 11) is 0. The number of hydrogen-bond acceptors (Lipinski definition) is 3. The van der Waals surface area contributed by atoms with E-state index in [0.29, 0.717) is 5.56 Å². The summed E-state index contributed by atoms with van der Waals surface area (Å²) in [4.78, 5) is 27.1. The molecule has 2 heterocycles. The number of carbonyl (C=O) groups excluding carboxylic acids is 1.